The first-order valence-corrected chi connectivity index (χ1v) is 8.18. The summed E-state index contributed by atoms with van der Waals surface area (Å²) in [6, 6.07) is 11.8. The maximum Gasteiger partial charge on any atom is 0.123 e. The van der Waals surface area contributed by atoms with E-state index in [0.29, 0.717) is 23.2 Å². The molecular weight excluding hydrogens is 315 g/mol. The van der Waals surface area contributed by atoms with E-state index in [1.54, 1.807) is 18.2 Å². The molecule has 0 amide bonds. The van der Waals surface area contributed by atoms with Gasteiger partial charge in [0.25, 0.3) is 0 Å². The van der Waals surface area contributed by atoms with Crippen LogP contribution in [0.4, 0.5) is 15.8 Å². The molecule has 1 heterocycles. The van der Waals surface area contributed by atoms with E-state index in [0.717, 1.165) is 37.4 Å². The smallest absolute Gasteiger partial charge is 0.123 e. The Morgan fingerprint density at radius 3 is 2.48 bits per heavy atom. The van der Waals surface area contributed by atoms with Gasteiger partial charge in [0.1, 0.15) is 11.6 Å². The van der Waals surface area contributed by atoms with Crippen molar-refractivity contribution < 1.29 is 9.13 Å². The second kappa shape index (κ2) is 7.09. The number of hydrogen-bond donors (Lipinski definition) is 1. The van der Waals surface area contributed by atoms with E-state index < -0.39 is 0 Å². The highest BCUT2D eigenvalue weighted by molar-refractivity contribution is 6.33. The molecule has 0 saturated carbocycles. The fourth-order valence-corrected chi connectivity index (χ4v) is 3.17. The maximum absolute atomic E-state index is 12.9. The summed E-state index contributed by atoms with van der Waals surface area (Å²) in [6.07, 6.45) is 2.09. The molecule has 1 aliphatic heterocycles. The molecule has 2 N–H and O–H groups in total. The van der Waals surface area contributed by atoms with Gasteiger partial charge in [-0.3, -0.25) is 0 Å². The Bertz CT molecular complexity index is 655. The number of nitrogens with zero attached hydrogens (tertiary/aromatic N) is 1. The number of nitrogens with two attached hydrogens (primary N) is 1. The maximum atomic E-state index is 12.9. The number of piperidine rings is 1. The number of nitrogen functional groups attached to an aromatic ring is 1. The first-order valence-electron chi connectivity index (χ1n) is 7.80. The summed E-state index contributed by atoms with van der Waals surface area (Å²) in [5.74, 6) is 0.977. The Morgan fingerprint density at radius 1 is 1.13 bits per heavy atom. The molecule has 3 nitrogen and oxygen atoms in total. The summed E-state index contributed by atoms with van der Waals surface area (Å²) in [5, 5.41) is 0.700. The molecule has 1 fully saturated rings. The van der Waals surface area contributed by atoms with Gasteiger partial charge in [0.2, 0.25) is 0 Å². The minimum Gasteiger partial charge on any atom is -0.493 e. The number of ether oxygens (including phenoxy) is 1. The topological polar surface area (TPSA) is 38.5 Å². The molecule has 5 heteroatoms. The van der Waals surface area contributed by atoms with Gasteiger partial charge in [0, 0.05) is 18.8 Å². The van der Waals surface area contributed by atoms with Gasteiger partial charge in [-0.15, -0.1) is 0 Å². The zero-order valence-corrected chi connectivity index (χ0v) is 13.6. The minimum absolute atomic E-state index is 0.244. The fraction of sp³-hybridized carbons (Fsp3) is 0.333. The van der Waals surface area contributed by atoms with Crippen LogP contribution in [0.5, 0.6) is 5.75 Å². The van der Waals surface area contributed by atoms with E-state index in [1.165, 1.54) is 12.1 Å². The van der Waals surface area contributed by atoms with Crippen LogP contribution in [0.2, 0.25) is 5.02 Å². The van der Waals surface area contributed by atoms with Crippen LogP contribution in [0.25, 0.3) is 0 Å². The number of hydrogen-bond acceptors (Lipinski definition) is 3. The highest BCUT2D eigenvalue weighted by atomic mass is 35.5. The Labute approximate surface area is 140 Å². The van der Waals surface area contributed by atoms with Crippen LogP contribution in [-0.4, -0.2) is 19.7 Å². The van der Waals surface area contributed by atoms with Crippen LogP contribution in [0.1, 0.15) is 12.8 Å². The lowest BCUT2D eigenvalue weighted by molar-refractivity contribution is 0.222. The van der Waals surface area contributed by atoms with E-state index in [2.05, 4.69) is 4.90 Å². The molecule has 0 aliphatic carbocycles. The summed E-state index contributed by atoms with van der Waals surface area (Å²) < 4.78 is 18.6. The van der Waals surface area contributed by atoms with Crippen molar-refractivity contribution in [2.75, 3.05) is 30.3 Å². The molecule has 23 heavy (non-hydrogen) atoms. The third-order valence-electron chi connectivity index (χ3n) is 4.23. The van der Waals surface area contributed by atoms with Gasteiger partial charge in [-0.1, -0.05) is 11.6 Å². The molecule has 0 unspecified atom stereocenters. The fourth-order valence-electron chi connectivity index (χ4n) is 2.87. The summed E-state index contributed by atoms with van der Waals surface area (Å²) in [4.78, 5) is 2.29. The SMILES string of the molecule is Nc1ccc(N2CCC(COc3ccc(F)cc3)CC2)c(Cl)c1. The molecule has 2 aromatic carbocycles. The predicted molar refractivity (Wildman–Crippen MR) is 92.7 cm³/mol. The number of rotatable bonds is 4. The largest absolute Gasteiger partial charge is 0.493 e. The number of benzene rings is 2. The minimum atomic E-state index is -0.244. The molecule has 0 bridgehead atoms. The van der Waals surface area contributed by atoms with Crippen molar-refractivity contribution >= 4 is 23.0 Å². The van der Waals surface area contributed by atoms with E-state index in [1.807, 2.05) is 12.1 Å². The molecule has 122 valence electrons. The molecule has 1 aliphatic rings. The van der Waals surface area contributed by atoms with E-state index in [9.17, 15) is 4.39 Å². The Hall–Kier alpha value is -1.94. The van der Waals surface area contributed by atoms with Crippen LogP contribution >= 0.6 is 11.6 Å². The summed E-state index contributed by atoms with van der Waals surface area (Å²) >= 11 is 6.28. The van der Waals surface area contributed by atoms with Crippen molar-refractivity contribution in [2.45, 2.75) is 12.8 Å². The Morgan fingerprint density at radius 2 is 1.83 bits per heavy atom. The van der Waals surface area contributed by atoms with Crippen molar-refractivity contribution in [1.29, 1.82) is 0 Å². The van der Waals surface area contributed by atoms with Crippen LogP contribution in [-0.2, 0) is 0 Å². The molecule has 0 atom stereocenters. The lowest BCUT2D eigenvalue weighted by atomic mass is 9.97. The van der Waals surface area contributed by atoms with Crippen molar-refractivity contribution in [3.8, 4) is 5.75 Å². The Kier molecular flexibility index (Phi) is 4.91. The zero-order chi connectivity index (χ0) is 16.2. The van der Waals surface area contributed by atoms with Gasteiger partial charge in [0.15, 0.2) is 0 Å². The van der Waals surface area contributed by atoms with Gasteiger partial charge in [-0.2, -0.15) is 0 Å². The predicted octanol–water partition coefficient (Wildman–Crippen LogP) is 4.36. The first kappa shape index (κ1) is 15.9. The van der Waals surface area contributed by atoms with E-state index in [4.69, 9.17) is 22.1 Å². The third-order valence-corrected chi connectivity index (χ3v) is 4.53. The quantitative estimate of drug-likeness (QED) is 0.844. The van der Waals surface area contributed by atoms with E-state index >= 15 is 0 Å². The average Bonchev–Trinajstić information content (AvgIpc) is 2.55. The molecule has 3 rings (SSSR count). The highest BCUT2D eigenvalue weighted by Crippen LogP contribution is 2.31. The van der Waals surface area contributed by atoms with Crippen molar-refractivity contribution in [1.82, 2.24) is 0 Å². The molecule has 2 aromatic rings. The van der Waals surface area contributed by atoms with E-state index in [-0.39, 0.29) is 5.82 Å². The van der Waals surface area contributed by atoms with Crippen LogP contribution < -0.4 is 15.4 Å². The van der Waals surface area contributed by atoms with Gasteiger partial charge in [-0.25, -0.2) is 4.39 Å². The van der Waals surface area contributed by atoms with Gasteiger partial charge in [0.05, 0.1) is 17.3 Å². The van der Waals surface area contributed by atoms with Crippen molar-refractivity contribution in [2.24, 2.45) is 5.92 Å². The van der Waals surface area contributed by atoms with Gasteiger partial charge < -0.3 is 15.4 Å². The monoisotopic (exact) mass is 334 g/mol. The van der Waals surface area contributed by atoms with Crippen molar-refractivity contribution in [3.63, 3.8) is 0 Å². The number of halogens is 2. The standard InChI is InChI=1S/C18H20ClFN2O/c19-17-11-15(21)3-6-18(17)22-9-7-13(8-10-22)12-23-16-4-1-14(20)2-5-16/h1-6,11,13H,7-10,12,21H2. The van der Waals surface area contributed by atoms with Gasteiger partial charge in [-0.05, 0) is 61.2 Å². The van der Waals surface area contributed by atoms with Crippen LogP contribution in [0, 0.1) is 11.7 Å². The average molecular weight is 335 g/mol. The summed E-state index contributed by atoms with van der Waals surface area (Å²) in [5.41, 5.74) is 7.46. The first-order chi connectivity index (χ1) is 11.1. The highest BCUT2D eigenvalue weighted by Gasteiger charge is 2.21. The second-order valence-electron chi connectivity index (χ2n) is 5.91. The lowest BCUT2D eigenvalue weighted by Crippen LogP contribution is -2.35. The molecule has 0 radical (unpaired) electrons. The zero-order valence-electron chi connectivity index (χ0n) is 12.8. The molecule has 0 aromatic heterocycles. The van der Waals surface area contributed by atoms with Crippen LogP contribution in [0.15, 0.2) is 42.5 Å². The summed E-state index contributed by atoms with van der Waals surface area (Å²) in [6.45, 7) is 2.55. The van der Waals surface area contributed by atoms with Crippen molar-refractivity contribution in [3.05, 3.63) is 53.3 Å². The molecule has 0 spiro atoms. The molecule has 1 saturated heterocycles. The summed E-state index contributed by atoms with van der Waals surface area (Å²) in [7, 11) is 0. The third kappa shape index (κ3) is 4.08. The molecular formula is C18H20ClFN2O. The second-order valence-corrected chi connectivity index (χ2v) is 6.31. The van der Waals surface area contributed by atoms with Crippen LogP contribution in [0.3, 0.4) is 0 Å². The normalized spacial score (nSPS) is 15.7. The lowest BCUT2D eigenvalue weighted by Gasteiger charge is -2.34. The van der Waals surface area contributed by atoms with Gasteiger partial charge >= 0.3 is 0 Å². The Balaban J connectivity index is 1.51. The number of anilines is 2.